The Morgan fingerprint density at radius 3 is 2.96 bits per heavy atom. The molecule has 120 valence electrons. The zero-order chi connectivity index (χ0) is 15.6. The molecule has 0 aliphatic heterocycles. The van der Waals surface area contributed by atoms with Gasteiger partial charge in [0, 0.05) is 0 Å². The Balaban J connectivity index is 1.59. The Hall–Kier alpha value is -2.03. The molecule has 0 amide bonds. The normalized spacial score (nSPS) is 17.6. The van der Waals surface area contributed by atoms with Gasteiger partial charge in [0.15, 0.2) is 11.5 Å². The molecule has 0 bridgehead atoms. The summed E-state index contributed by atoms with van der Waals surface area (Å²) in [5, 5.41) is 13.4. The van der Waals surface area contributed by atoms with Gasteiger partial charge in [0.05, 0.1) is 17.6 Å². The number of imidazole rings is 1. The molecule has 9 heteroatoms. The molecular weight excluding hydrogens is 312 g/mol. The topological polar surface area (TPSA) is 98.1 Å². The van der Waals surface area contributed by atoms with Gasteiger partial charge in [-0.1, -0.05) is 31.0 Å². The number of nitrogens with zero attached hydrogens (tertiary/aromatic N) is 7. The van der Waals surface area contributed by atoms with Gasteiger partial charge in [-0.2, -0.15) is 0 Å². The van der Waals surface area contributed by atoms with Gasteiger partial charge in [0.2, 0.25) is 0 Å². The lowest BCUT2D eigenvalue weighted by atomic mass is 9.95. The molecule has 4 rings (SSSR count). The van der Waals surface area contributed by atoms with Crippen molar-refractivity contribution in [1.29, 1.82) is 0 Å². The number of H-pyrrole nitrogens is 1. The summed E-state index contributed by atoms with van der Waals surface area (Å²) in [4.78, 5) is 15.8. The van der Waals surface area contributed by atoms with Crippen LogP contribution in [0.1, 0.15) is 56.1 Å². The highest BCUT2D eigenvalue weighted by atomic mass is 32.2. The third-order valence-electron chi connectivity index (χ3n) is 4.28. The fourth-order valence-corrected chi connectivity index (χ4v) is 4.08. The Bertz CT molecular complexity index is 791. The number of aromatic nitrogens is 8. The zero-order valence-electron chi connectivity index (χ0n) is 12.9. The van der Waals surface area contributed by atoms with Gasteiger partial charge in [-0.15, -0.1) is 5.10 Å². The molecule has 23 heavy (non-hydrogen) atoms. The second-order valence-corrected chi connectivity index (χ2v) is 7.14. The molecule has 0 spiro atoms. The Morgan fingerprint density at radius 2 is 2.09 bits per heavy atom. The van der Waals surface area contributed by atoms with Crippen molar-refractivity contribution in [2.24, 2.45) is 0 Å². The molecule has 1 fully saturated rings. The van der Waals surface area contributed by atoms with E-state index in [1.807, 2.05) is 4.68 Å². The third kappa shape index (κ3) is 2.80. The molecule has 8 nitrogen and oxygen atoms in total. The van der Waals surface area contributed by atoms with Crippen molar-refractivity contribution in [2.45, 2.75) is 55.3 Å². The van der Waals surface area contributed by atoms with Crippen LogP contribution in [0.15, 0.2) is 17.7 Å². The summed E-state index contributed by atoms with van der Waals surface area (Å²) >= 11 is 1.63. The van der Waals surface area contributed by atoms with Crippen LogP contribution < -0.4 is 0 Å². The summed E-state index contributed by atoms with van der Waals surface area (Å²) in [6.45, 7) is 2.11. The van der Waals surface area contributed by atoms with E-state index in [4.69, 9.17) is 0 Å². The summed E-state index contributed by atoms with van der Waals surface area (Å²) in [5.74, 6) is 0.910. The molecule has 1 saturated carbocycles. The monoisotopic (exact) mass is 330 g/mol. The number of fused-ring (bicyclic) bond motifs is 1. The van der Waals surface area contributed by atoms with Gasteiger partial charge < -0.3 is 4.98 Å². The largest absolute Gasteiger partial charge is 0.341 e. The second-order valence-electron chi connectivity index (χ2n) is 5.81. The average Bonchev–Trinajstić information content (AvgIpc) is 3.25. The number of thioether (sulfide) groups is 1. The molecule has 1 atom stereocenters. The Labute approximate surface area is 137 Å². The van der Waals surface area contributed by atoms with Crippen LogP contribution in [0.2, 0.25) is 0 Å². The van der Waals surface area contributed by atoms with Crippen molar-refractivity contribution >= 4 is 22.9 Å². The first-order valence-corrected chi connectivity index (χ1v) is 8.79. The molecule has 3 aromatic rings. The van der Waals surface area contributed by atoms with E-state index in [0.717, 1.165) is 29.2 Å². The van der Waals surface area contributed by atoms with E-state index < -0.39 is 0 Å². The molecule has 0 radical (unpaired) electrons. The van der Waals surface area contributed by atoms with Crippen LogP contribution in [-0.4, -0.2) is 40.1 Å². The fraction of sp³-hybridized carbons (Fsp3) is 0.571. The van der Waals surface area contributed by atoms with Crippen molar-refractivity contribution in [1.82, 2.24) is 40.1 Å². The van der Waals surface area contributed by atoms with Gasteiger partial charge in [0.1, 0.15) is 16.9 Å². The van der Waals surface area contributed by atoms with E-state index in [1.54, 1.807) is 24.4 Å². The van der Waals surface area contributed by atoms with E-state index in [9.17, 15) is 0 Å². The first-order chi connectivity index (χ1) is 11.3. The molecule has 1 aliphatic carbocycles. The van der Waals surface area contributed by atoms with E-state index in [1.165, 1.54) is 19.3 Å². The average molecular weight is 330 g/mol. The number of aromatic amines is 1. The lowest BCUT2D eigenvalue weighted by Crippen LogP contribution is -2.17. The van der Waals surface area contributed by atoms with Crippen LogP contribution in [0.3, 0.4) is 0 Å². The number of hydrogen-bond donors (Lipinski definition) is 1. The third-order valence-corrected chi connectivity index (χ3v) is 5.38. The first-order valence-electron chi connectivity index (χ1n) is 7.91. The molecule has 0 aromatic carbocycles. The van der Waals surface area contributed by atoms with Crippen molar-refractivity contribution in [2.75, 3.05) is 0 Å². The van der Waals surface area contributed by atoms with Gasteiger partial charge in [-0.25, -0.2) is 19.6 Å². The van der Waals surface area contributed by atoms with E-state index in [-0.39, 0.29) is 5.25 Å². The fourth-order valence-electron chi connectivity index (χ4n) is 3.11. The molecule has 1 aliphatic rings. The van der Waals surface area contributed by atoms with Gasteiger partial charge in [0.25, 0.3) is 0 Å². The van der Waals surface area contributed by atoms with Crippen LogP contribution in [0.4, 0.5) is 0 Å². The highest BCUT2D eigenvalue weighted by Crippen LogP contribution is 2.37. The van der Waals surface area contributed by atoms with Crippen LogP contribution in [0.5, 0.6) is 0 Å². The highest BCUT2D eigenvalue weighted by molar-refractivity contribution is 7.99. The first kappa shape index (κ1) is 14.6. The van der Waals surface area contributed by atoms with Crippen molar-refractivity contribution in [3.63, 3.8) is 0 Å². The lowest BCUT2D eigenvalue weighted by molar-refractivity contribution is 0.317. The predicted octanol–water partition coefficient (Wildman–Crippen LogP) is 2.70. The maximum Gasteiger partial charge on any atom is 0.181 e. The predicted molar refractivity (Wildman–Crippen MR) is 85.9 cm³/mol. The maximum absolute atomic E-state index is 4.37. The van der Waals surface area contributed by atoms with Crippen molar-refractivity contribution in [3.05, 3.63) is 18.5 Å². The summed E-state index contributed by atoms with van der Waals surface area (Å²) in [7, 11) is 0. The van der Waals surface area contributed by atoms with Gasteiger partial charge in [-0.05, 0) is 30.2 Å². The lowest BCUT2D eigenvalue weighted by Gasteiger charge is -2.23. The SMILES string of the molecule is CC(Sc1ncnc2nc[nH]c12)c1nnnn1C1CCCCC1. The van der Waals surface area contributed by atoms with Gasteiger partial charge >= 0.3 is 0 Å². The second kappa shape index (κ2) is 6.23. The Kier molecular flexibility index (Phi) is 3.94. The van der Waals surface area contributed by atoms with Gasteiger partial charge in [-0.3, -0.25) is 0 Å². The molecule has 3 aromatic heterocycles. The van der Waals surface area contributed by atoms with Crippen LogP contribution in [-0.2, 0) is 0 Å². The quantitative estimate of drug-likeness (QED) is 0.580. The maximum atomic E-state index is 4.37. The minimum atomic E-state index is 0.105. The molecular formula is C14H18N8S. The van der Waals surface area contributed by atoms with E-state index >= 15 is 0 Å². The Morgan fingerprint density at radius 1 is 1.22 bits per heavy atom. The molecule has 1 unspecified atom stereocenters. The number of tetrazole rings is 1. The molecule has 1 N–H and O–H groups in total. The molecule has 0 saturated heterocycles. The van der Waals surface area contributed by atoms with E-state index in [0.29, 0.717) is 11.7 Å². The van der Waals surface area contributed by atoms with Crippen LogP contribution in [0, 0.1) is 0 Å². The highest BCUT2D eigenvalue weighted by Gasteiger charge is 2.24. The van der Waals surface area contributed by atoms with Crippen molar-refractivity contribution < 1.29 is 0 Å². The van der Waals surface area contributed by atoms with Crippen LogP contribution in [0.25, 0.3) is 11.2 Å². The summed E-state index contributed by atoms with van der Waals surface area (Å²) < 4.78 is 2.02. The minimum Gasteiger partial charge on any atom is -0.341 e. The number of nitrogens with one attached hydrogen (secondary N) is 1. The molecule has 3 heterocycles. The number of hydrogen-bond acceptors (Lipinski definition) is 7. The smallest absolute Gasteiger partial charge is 0.181 e. The summed E-state index contributed by atoms with van der Waals surface area (Å²) in [5.41, 5.74) is 1.54. The standard InChI is InChI=1S/C14H18N8S/c1-9(23-14-11-12(16-7-15-11)17-8-18-14)13-19-20-21-22(13)10-5-3-2-4-6-10/h7-10H,2-6H2,1H3,(H,15,16,17,18). The minimum absolute atomic E-state index is 0.105. The zero-order valence-corrected chi connectivity index (χ0v) is 13.7. The van der Waals surface area contributed by atoms with Crippen molar-refractivity contribution in [3.8, 4) is 0 Å². The number of rotatable bonds is 4. The summed E-state index contributed by atoms with van der Waals surface area (Å²) in [6.07, 6.45) is 9.33. The van der Waals surface area contributed by atoms with E-state index in [2.05, 4.69) is 42.4 Å². The van der Waals surface area contributed by atoms with Crippen LogP contribution >= 0.6 is 11.8 Å². The summed E-state index contributed by atoms with van der Waals surface area (Å²) in [6, 6.07) is 0.425.